The Kier molecular flexibility index (Phi) is 10.5. The molecule has 1 N–H and O–H groups in total. The summed E-state index contributed by atoms with van der Waals surface area (Å²) in [6.07, 6.45) is -3.04. The lowest BCUT2D eigenvalue weighted by molar-refractivity contribution is -0.174. The van der Waals surface area contributed by atoms with Crippen molar-refractivity contribution >= 4 is 11.9 Å². The monoisotopic (exact) mass is 396 g/mol. The average Bonchev–Trinajstić information content (AvgIpc) is 2.60. The molecule has 10 heteroatoms. The topological polar surface area (TPSA) is 65.1 Å². The Labute approximate surface area is 158 Å². The van der Waals surface area contributed by atoms with E-state index < -0.39 is 12.8 Å². The summed E-state index contributed by atoms with van der Waals surface area (Å²) in [6, 6.07) is -0.117. The van der Waals surface area contributed by atoms with Crippen molar-refractivity contribution in [2.45, 2.75) is 32.9 Å². The maximum absolute atomic E-state index is 12.1. The van der Waals surface area contributed by atoms with Gasteiger partial charge in [-0.2, -0.15) is 13.2 Å². The molecule has 0 aromatic heterocycles. The molecule has 0 bridgehead atoms. The number of amides is 3. The van der Waals surface area contributed by atoms with Gasteiger partial charge in [-0.05, 0) is 19.8 Å². The molecule has 1 aliphatic rings. The Bertz CT molecular complexity index is 455. The zero-order valence-corrected chi connectivity index (χ0v) is 16.2. The minimum absolute atomic E-state index is 0.0313. The van der Waals surface area contributed by atoms with Crippen LogP contribution in [0.5, 0.6) is 0 Å². The highest BCUT2D eigenvalue weighted by Gasteiger charge is 2.27. The van der Waals surface area contributed by atoms with E-state index in [1.54, 1.807) is 9.80 Å². The Morgan fingerprint density at radius 2 is 1.81 bits per heavy atom. The van der Waals surface area contributed by atoms with Gasteiger partial charge in [0.25, 0.3) is 0 Å². The van der Waals surface area contributed by atoms with Gasteiger partial charge in [0.15, 0.2) is 0 Å². The van der Waals surface area contributed by atoms with Crippen LogP contribution in [-0.2, 0) is 9.53 Å². The summed E-state index contributed by atoms with van der Waals surface area (Å²) < 4.78 is 40.5. The van der Waals surface area contributed by atoms with Crippen molar-refractivity contribution in [3.63, 3.8) is 0 Å². The lowest BCUT2D eigenvalue weighted by Crippen LogP contribution is -2.52. The van der Waals surface area contributed by atoms with Gasteiger partial charge in [-0.25, -0.2) is 4.79 Å². The van der Waals surface area contributed by atoms with Crippen LogP contribution in [0, 0.1) is 0 Å². The van der Waals surface area contributed by atoms with Crippen molar-refractivity contribution in [1.29, 1.82) is 0 Å². The number of nitrogens with zero attached hydrogens (tertiary/aromatic N) is 3. The molecular weight excluding hydrogens is 365 g/mol. The molecule has 1 aliphatic heterocycles. The van der Waals surface area contributed by atoms with Crippen molar-refractivity contribution in [2.24, 2.45) is 0 Å². The van der Waals surface area contributed by atoms with E-state index in [2.05, 4.69) is 15.0 Å². The highest BCUT2D eigenvalue weighted by Crippen LogP contribution is 2.14. The van der Waals surface area contributed by atoms with Gasteiger partial charge < -0.3 is 19.9 Å². The van der Waals surface area contributed by atoms with Gasteiger partial charge in [0.05, 0.1) is 0 Å². The molecule has 27 heavy (non-hydrogen) atoms. The van der Waals surface area contributed by atoms with E-state index in [9.17, 15) is 22.8 Å². The van der Waals surface area contributed by atoms with Gasteiger partial charge in [0.1, 0.15) is 6.61 Å². The number of nitrogens with one attached hydrogen (secondary N) is 1. The zero-order chi connectivity index (χ0) is 20.3. The molecule has 0 atom stereocenters. The lowest BCUT2D eigenvalue weighted by atomic mass is 10.3. The van der Waals surface area contributed by atoms with Gasteiger partial charge in [-0.3, -0.25) is 9.69 Å². The summed E-state index contributed by atoms with van der Waals surface area (Å²) in [7, 11) is 0. The van der Waals surface area contributed by atoms with E-state index in [0.717, 1.165) is 0 Å². The Hall–Kier alpha value is -1.55. The van der Waals surface area contributed by atoms with Crippen molar-refractivity contribution in [3.8, 4) is 0 Å². The Balaban J connectivity index is 2.10. The molecule has 7 nitrogen and oxygen atoms in total. The highest BCUT2D eigenvalue weighted by molar-refractivity contribution is 5.74. The van der Waals surface area contributed by atoms with Crippen LogP contribution >= 0.6 is 0 Å². The Morgan fingerprint density at radius 1 is 1.15 bits per heavy atom. The van der Waals surface area contributed by atoms with Gasteiger partial charge in [0, 0.05) is 65.9 Å². The van der Waals surface area contributed by atoms with Crippen molar-refractivity contribution < 1.29 is 27.5 Å². The second-order valence-corrected chi connectivity index (χ2v) is 6.53. The molecule has 1 saturated heterocycles. The summed E-state index contributed by atoms with van der Waals surface area (Å²) >= 11 is 0. The number of urea groups is 1. The van der Waals surface area contributed by atoms with Crippen LogP contribution in [0.25, 0.3) is 0 Å². The third-order valence-corrected chi connectivity index (χ3v) is 4.40. The predicted molar refractivity (Wildman–Crippen MR) is 95.4 cm³/mol. The Morgan fingerprint density at radius 3 is 2.37 bits per heavy atom. The summed E-state index contributed by atoms with van der Waals surface area (Å²) in [5.74, 6) is 0.0313. The standard InChI is InChI=1S/C17H31F3N4O3/c1-3-23(15(2)25)8-4-6-21-16(26)24-11-9-22(10-12-24)7-5-13-27-14-17(18,19)20/h3-14H2,1-2H3,(H,21,26). The number of ether oxygens (including phenoxy) is 1. The quantitative estimate of drug-likeness (QED) is 0.569. The van der Waals surface area contributed by atoms with Crippen LogP contribution in [0.4, 0.5) is 18.0 Å². The maximum atomic E-state index is 12.1. The fraction of sp³-hybridized carbons (Fsp3) is 0.882. The molecule has 0 spiro atoms. The molecule has 0 unspecified atom stereocenters. The predicted octanol–water partition coefficient (Wildman–Crippen LogP) is 1.54. The largest absolute Gasteiger partial charge is 0.411 e. The molecular formula is C17H31F3N4O3. The van der Waals surface area contributed by atoms with Gasteiger partial charge in [0.2, 0.25) is 5.91 Å². The molecule has 1 rings (SSSR count). The maximum Gasteiger partial charge on any atom is 0.411 e. The van der Waals surface area contributed by atoms with Crippen LogP contribution in [-0.4, -0.2) is 98.4 Å². The van der Waals surface area contributed by atoms with Crippen LogP contribution in [0.15, 0.2) is 0 Å². The van der Waals surface area contributed by atoms with Gasteiger partial charge in [-0.1, -0.05) is 0 Å². The fourth-order valence-electron chi connectivity index (χ4n) is 2.87. The first-order valence-electron chi connectivity index (χ1n) is 9.38. The van der Waals surface area contributed by atoms with Crippen molar-refractivity contribution in [1.82, 2.24) is 20.0 Å². The first-order valence-corrected chi connectivity index (χ1v) is 9.38. The molecule has 1 fully saturated rings. The van der Waals surface area contributed by atoms with Crippen LogP contribution in [0.2, 0.25) is 0 Å². The van der Waals surface area contributed by atoms with Crippen molar-refractivity contribution in [2.75, 3.05) is 65.6 Å². The van der Waals surface area contributed by atoms with E-state index in [0.29, 0.717) is 65.2 Å². The molecule has 0 aromatic carbocycles. The lowest BCUT2D eigenvalue weighted by Gasteiger charge is -2.34. The minimum Gasteiger partial charge on any atom is -0.372 e. The molecule has 0 aromatic rings. The number of hydrogen-bond acceptors (Lipinski definition) is 4. The van der Waals surface area contributed by atoms with E-state index in [1.165, 1.54) is 6.92 Å². The van der Waals surface area contributed by atoms with Crippen LogP contribution < -0.4 is 5.32 Å². The molecule has 0 saturated carbocycles. The first kappa shape index (κ1) is 23.5. The van der Waals surface area contributed by atoms with Gasteiger partial charge >= 0.3 is 12.2 Å². The third kappa shape index (κ3) is 10.4. The summed E-state index contributed by atoms with van der Waals surface area (Å²) in [4.78, 5) is 29.0. The van der Waals surface area contributed by atoms with Crippen molar-refractivity contribution in [3.05, 3.63) is 0 Å². The smallest absolute Gasteiger partial charge is 0.372 e. The number of rotatable bonds is 10. The summed E-state index contributed by atoms with van der Waals surface area (Å²) in [5.41, 5.74) is 0. The van der Waals surface area contributed by atoms with E-state index in [1.807, 2.05) is 6.92 Å². The van der Waals surface area contributed by atoms with Crippen LogP contribution in [0.3, 0.4) is 0 Å². The summed E-state index contributed by atoms with van der Waals surface area (Å²) in [5, 5.41) is 2.86. The third-order valence-electron chi connectivity index (χ3n) is 4.40. The first-order chi connectivity index (χ1) is 12.7. The number of piperazine rings is 1. The van der Waals surface area contributed by atoms with E-state index in [4.69, 9.17) is 0 Å². The zero-order valence-electron chi connectivity index (χ0n) is 16.2. The molecule has 1 heterocycles. The fourth-order valence-corrected chi connectivity index (χ4v) is 2.87. The number of carbonyl (C=O) groups excluding carboxylic acids is 2. The minimum atomic E-state index is -4.28. The second-order valence-electron chi connectivity index (χ2n) is 6.53. The van der Waals surface area contributed by atoms with Gasteiger partial charge in [-0.15, -0.1) is 0 Å². The van der Waals surface area contributed by atoms with E-state index in [-0.39, 0.29) is 18.5 Å². The molecule has 158 valence electrons. The summed E-state index contributed by atoms with van der Waals surface area (Å²) in [6.45, 7) is 7.34. The average molecular weight is 396 g/mol. The second kappa shape index (κ2) is 12.0. The number of hydrogen-bond donors (Lipinski definition) is 1. The van der Waals surface area contributed by atoms with E-state index >= 15 is 0 Å². The SMILES string of the molecule is CCN(CCCNC(=O)N1CCN(CCCOCC(F)(F)F)CC1)C(C)=O. The van der Waals surface area contributed by atoms with Crippen LogP contribution in [0.1, 0.15) is 26.7 Å². The normalized spacial score (nSPS) is 15.7. The highest BCUT2D eigenvalue weighted by atomic mass is 19.4. The number of alkyl halides is 3. The molecule has 0 radical (unpaired) electrons. The number of halogens is 3. The molecule has 3 amide bonds. The molecule has 0 aliphatic carbocycles. The number of carbonyl (C=O) groups is 2.